The number of carbonyl (C=O) groups excluding carboxylic acids is 2. The predicted octanol–water partition coefficient (Wildman–Crippen LogP) is 2.22. The number of primary amides is 1. The van der Waals surface area contributed by atoms with Crippen molar-refractivity contribution < 1.29 is 9.59 Å². The van der Waals surface area contributed by atoms with Crippen molar-refractivity contribution in [3.8, 4) is 0 Å². The normalized spacial score (nSPS) is 20.6. The number of benzene rings is 1. The van der Waals surface area contributed by atoms with Crippen LogP contribution < -0.4 is 5.73 Å². The van der Waals surface area contributed by atoms with Gasteiger partial charge in [-0.3, -0.25) is 9.59 Å². The van der Waals surface area contributed by atoms with Crippen LogP contribution in [0.25, 0.3) is 0 Å². The van der Waals surface area contributed by atoms with E-state index < -0.39 is 5.91 Å². The average molecular weight is 299 g/mol. The maximum atomic E-state index is 12.9. The van der Waals surface area contributed by atoms with E-state index in [1.54, 1.807) is 12.1 Å². The molecule has 0 unspecified atom stereocenters. The highest BCUT2D eigenvalue weighted by Crippen LogP contribution is 2.45. The second kappa shape index (κ2) is 5.51. The van der Waals surface area contributed by atoms with Gasteiger partial charge in [-0.1, -0.05) is 26.0 Å². The smallest absolute Gasteiger partial charge is 0.249 e. The van der Waals surface area contributed by atoms with E-state index in [2.05, 4.69) is 18.7 Å². The van der Waals surface area contributed by atoms with Gasteiger partial charge in [0.25, 0.3) is 0 Å². The topological polar surface area (TPSA) is 63.4 Å². The highest BCUT2D eigenvalue weighted by atomic mass is 16.1. The Morgan fingerprint density at radius 3 is 2.55 bits per heavy atom. The highest BCUT2D eigenvalue weighted by molar-refractivity contribution is 6.08. The molecule has 1 aliphatic heterocycles. The Morgan fingerprint density at radius 1 is 1.27 bits per heavy atom. The molecule has 1 heterocycles. The van der Waals surface area contributed by atoms with E-state index in [0.717, 1.165) is 38.0 Å². The molecule has 22 heavy (non-hydrogen) atoms. The molecule has 1 aromatic rings. The number of piperidine rings is 1. The van der Waals surface area contributed by atoms with Crippen molar-refractivity contribution >= 4 is 11.7 Å². The molecule has 1 spiro atoms. The molecule has 1 amide bonds. The van der Waals surface area contributed by atoms with Crippen LogP contribution in [0.15, 0.2) is 18.2 Å². The number of carbonyl (C=O) groups is 2. The minimum atomic E-state index is -0.435. The highest BCUT2D eigenvalue weighted by Gasteiger charge is 2.47. The van der Waals surface area contributed by atoms with Gasteiger partial charge in [0.05, 0.1) is 0 Å². The molecule has 117 valence electrons. The third kappa shape index (κ3) is 2.45. The number of Topliss-reactive ketones (excluding diaryl/α,β-unsaturated/α-hetero) is 1. The summed E-state index contributed by atoms with van der Waals surface area (Å²) in [4.78, 5) is 26.9. The fourth-order valence-corrected chi connectivity index (χ4v) is 3.92. The van der Waals surface area contributed by atoms with Gasteiger partial charge in [-0.15, -0.1) is 0 Å². The van der Waals surface area contributed by atoms with Gasteiger partial charge >= 0.3 is 0 Å². The zero-order chi connectivity index (χ0) is 15.9. The quantitative estimate of drug-likeness (QED) is 0.931. The second-order valence-corrected chi connectivity index (χ2v) is 6.97. The number of ketones is 1. The lowest BCUT2D eigenvalue weighted by molar-refractivity contribution is 0.0642. The Bertz CT molecular complexity index is 614. The first-order valence-electron chi connectivity index (χ1n) is 7.91. The lowest BCUT2D eigenvalue weighted by Gasteiger charge is -2.38. The van der Waals surface area contributed by atoms with Crippen LogP contribution in [-0.4, -0.2) is 36.2 Å². The fraction of sp³-hybridized carbons (Fsp3) is 0.500. The Hall–Kier alpha value is -1.68. The van der Waals surface area contributed by atoms with Crippen LogP contribution in [0, 0.1) is 11.3 Å². The van der Waals surface area contributed by atoms with Crippen molar-refractivity contribution in [2.24, 2.45) is 11.1 Å². The molecule has 1 radical (unpaired) electrons. The molecule has 1 saturated heterocycles. The largest absolute Gasteiger partial charge is 0.366 e. The fourth-order valence-electron chi connectivity index (χ4n) is 3.92. The summed E-state index contributed by atoms with van der Waals surface area (Å²) >= 11 is 0. The SMILES string of the molecule is C[C](C)CN1CCC2(CC1)Cc1c(C(N)=O)cccc1C2=O. The van der Waals surface area contributed by atoms with Crippen molar-refractivity contribution in [1.82, 2.24) is 4.90 Å². The number of likely N-dealkylation sites (tertiary alicyclic amines) is 1. The lowest BCUT2D eigenvalue weighted by atomic mass is 9.75. The van der Waals surface area contributed by atoms with Gasteiger partial charge in [0.2, 0.25) is 5.91 Å². The third-order valence-electron chi connectivity index (χ3n) is 5.04. The summed E-state index contributed by atoms with van der Waals surface area (Å²) in [5.41, 5.74) is 7.25. The van der Waals surface area contributed by atoms with Crippen LogP contribution in [0.5, 0.6) is 0 Å². The third-order valence-corrected chi connectivity index (χ3v) is 5.04. The summed E-state index contributed by atoms with van der Waals surface area (Å²) in [5, 5.41) is 0. The van der Waals surface area contributed by atoms with Crippen LogP contribution >= 0.6 is 0 Å². The zero-order valence-electron chi connectivity index (χ0n) is 13.3. The van der Waals surface area contributed by atoms with E-state index in [9.17, 15) is 9.59 Å². The molecule has 0 atom stereocenters. The average Bonchev–Trinajstić information content (AvgIpc) is 2.74. The number of hydrogen-bond donors (Lipinski definition) is 1. The van der Waals surface area contributed by atoms with Gasteiger partial charge in [0, 0.05) is 23.1 Å². The zero-order valence-corrected chi connectivity index (χ0v) is 13.3. The molecule has 1 aliphatic carbocycles. The van der Waals surface area contributed by atoms with Gasteiger partial charge in [-0.25, -0.2) is 0 Å². The van der Waals surface area contributed by atoms with Crippen LogP contribution in [0.1, 0.15) is 53.0 Å². The van der Waals surface area contributed by atoms with E-state index in [-0.39, 0.29) is 11.2 Å². The molecule has 1 aromatic carbocycles. The lowest BCUT2D eigenvalue weighted by Crippen LogP contribution is -2.44. The number of nitrogens with two attached hydrogens (primary N) is 1. The Balaban J connectivity index is 1.83. The van der Waals surface area contributed by atoms with Crippen LogP contribution in [0.4, 0.5) is 0 Å². The van der Waals surface area contributed by atoms with Gasteiger partial charge in [-0.05, 0) is 49.9 Å². The summed E-state index contributed by atoms with van der Waals surface area (Å²) < 4.78 is 0. The van der Waals surface area contributed by atoms with Crippen molar-refractivity contribution in [2.45, 2.75) is 33.1 Å². The van der Waals surface area contributed by atoms with Crippen LogP contribution in [0.2, 0.25) is 0 Å². The summed E-state index contributed by atoms with van der Waals surface area (Å²) in [6.07, 6.45) is 2.40. The maximum Gasteiger partial charge on any atom is 0.249 e. The minimum Gasteiger partial charge on any atom is -0.366 e. The van der Waals surface area contributed by atoms with E-state index in [1.165, 1.54) is 5.92 Å². The van der Waals surface area contributed by atoms with E-state index in [0.29, 0.717) is 17.5 Å². The molecule has 2 aliphatic rings. The molecular formula is C18H23N2O2. The molecule has 2 N–H and O–H groups in total. The Labute approximate surface area is 131 Å². The van der Waals surface area contributed by atoms with E-state index in [1.807, 2.05) is 6.07 Å². The van der Waals surface area contributed by atoms with Gasteiger partial charge in [0.1, 0.15) is 0 Å². The molecule has 1 fully saturated rings. The summed E-state index contributed by atoms with van der Waals surface area (Å²) in [6.45, 7) is 7.16. The summed E-state index contributed by atoms with van der Waals surface area (Å²) in [6, 6.07) is 5.34. The number of nitrogens with zero attached hydrogens (tertiary/aromatic N) is 1. The van der Waals surface area contributed by atoms with Crippen molar-refractivity contribution in [1.29, 1.82) is 0 Å². The first-order chi connectivity index (χ1) is 10.4. The Morgan fingerprint density at radius 2 is 1.95 bits per heavy atom. The molecule has 0 aromatic heterocycles. The number of rotatable bonds is 3. The maximum absolute atomic E-state index is 12.9. The van der Waals surface area contributed by atoms with E-state index >= 15 is 0 Å². The molecule has 4 nitrogen and oxygen atoms in total. The Kier molecular flexibility index (Phi) is 3.81. The van der Waals surface area contributed by atoms with E-state index in [4.69, 9.17) is 5.73 Å². The molecule has 4 heteroatoms. The molecule has 0 bridgehead atoms. The van der Waals surface area contributed by atoms with Crippen molar-refractivity contribution in [3.05, 3.63) is 40.8 Å². The number of fused-ring (bicyclic) bond motifs is 1. The molecule has 0 saturated carbocycles. The van der Waals surface area contributed by atoms with Gasteiger partial charge in [0.15, 0.2) is 5.78 Å². The first-order valence-corrected chi connectivity index (χ1v) is 7.91. The predicted molar refractivity (Wildman–Crippen MR) is 85.7 cm³/mol. The van der Waals surface area contributed by atoms with Gasteiger partial charge in [-0.2, -0.15) is 0 Å². The number of hydrogen-bond acceptors (Lipinski definition) is 3. The minimum absolute atomic E-state index is 0.211. The van der Waals surface area contributed by atoms with Crippen molar-refractivity contribution in [3.63, 3.8) is 0 Å². The number of amides is 1. The first kappa shape index (κ1) is 15.2. The standard InChI is InChI=1S/C18H23N2O2/c1-12(2)11-20-8-6-18(7-9-20)10-15-13(16(18)21)4-3-5-14(15)17(19)22/h3-5H,6-11H2,1-2H3,(H2,19,22). The molecular weight excluding hydrogens is 276 g/mol. The monoisotopic (exact) mass is 299 g/mol. The van der Waals surface area contributed by atoms with Gasteiger partial charge < -0.3 is 10.6 Å². The van der Waals surface area contributed by atoms with Crippen LogP contribution in [0.3, 0.4) is 0 Å². The molecule has 3 rings (SSSR count). The van der Waals surface area contributed by atoms with Crippen LogP contribution in [-0.2, 0) is 6.42 Å². The second-order valence-electron chi connectivity index (χ2n) is 6.97. The van der Waals surface area contributed by atoms with Crippen molar-refractivity contribution in [2.75, 3.05) is 19.6 Å². The summed E-state index contributed by atoms with van der Waals surface area (Å²) in [7, 11) is 0. The summed E-state index contributed by atoms with van der Waals surface area (Å²) in [5.74, 6) is 1.17.